The number of amides is 2. The van der Waals surface area contributed by atoms with Crippen LogP contribution in [0.25, 0.3) is 11.1 Å². The molecule has 8 heteroatoms. The lowest BCUT2D eigenvalue weighted by Gasteiger charge is -2.34. The van der Waals surface area contributed by atoms with Crippen molar-refractivity contribution in [2.45, 2.75) is 0 Å². The van der Waals surface area contributed by atoms with Gasteiger partial charge in [-0.15, -0.1) is 0 Å². The minimum absolute atomic E-state index is 0.320. The molecule has 0 aliphatic carbocycles. The van der Waals surface area contributed by atoms with Crippen LogP contribution in [0.4, 0.5) is 21.9 Å². The van der Waals surface area contributed by atoms with Crippen molar-refractivity contribution in [2.24, 2.45) is 0 Å². The highest BCUT2D eigenvalue weighted by atomic mass is 79.9. The number of nitrogens with zero attached hydrogens (tertiary/aromatic N) is 3. The fraction of sp³-hybridized carbons (Fsp3) is 0.217. The number of rotatable bonds is 4. The van der Waals surface area contributed by atoms with E-state index >= 15 is 0 Å². The highest BCUT2D eigenvalue weighted by Gasteiger charge is 2.17. The van der Waals surface area contributed by atoms with Crippen molar-refractivity contribution in [3.63, 3.8) is 0 Å². The maximum atomic E-state index is 12.6. The molecule has 31 heavy (non-hydrogen) atoms. The van der Waals surface area contributed by atoms with Gasteiger partial charge >= 0.3 is 6.03 Å². The van der Waals surface area contributed by atoms with Crippen LogP contribution < -0.4 is 15.5 Å². The summed E-state index contributed by atoms with van der Waals surface area (Å²) in [7, 11) is 2.13. The summed E-state index contributed by atoms with van der Waals surface area (Å²) in [5.41, 5.74) is 4.29. The quantitative estimate of drug-likeness (QED) is 0.492. The second-order valence-electron chi connectivity index (χ2n) is 7.47. The Morgan fingerprint density at radius 3 is 2.29 bits per heavy atom. The van der Waals surface area contributed by atoms with Crippen molar-refractivity contribution in [2.75, 3.05) is 48.8 Å². The van der Waals surface area contributed by atoms with E-state index in [1.54, 1.807) is 18.5 Å². The number of benzene rings is 2. The van der Waals surface area contributed by atoms with Crippen LogP contribution in [0.2, 0.25) is 5.02 Å². The Morgan fingerprint density at radius 1 is 0.968 bits per heavy atom. The number of hydrogen-bond donors (Lipinski definition) is 2. The molecule has 1 saturated heterocycles. The van der Waals surface area contributed by atoms with Crippen LogP contribution in [0.3, 0.4) is 0 Å². The monoisotopic (exact) mass is 499 g/mol. The predicted molar refractivity (Wildman–Crippen MR) is 131 cm³/mol. The van der Waals surface area contributed by atoms with Gasteiger partial charge in [0.2, 0.25) is 0 Å². The molecular formula is C23H23BrClN5O. The molecule has 6 nitrogen and oxygen atoms in total. The van der Waals surface area contributed by atoms with Gasteiger partial charge in [0.1, 0.15) is 0 Å². The molecule has 2 aromatic carbocycles. The summed E-state index contributed by atoms with van der Waals surface area (Å²) >= 11 is 10.1. The van der Waals surface area contributed by atoms with Gasteiger partial charge in [-0.05, 0) is 71.0 Å². The maximum absolute atomic E-state index is 12.6. The molecule has 1 aliphatic rings. The number of aromatic nitrogens is 1. The summed E-state index contributed by atoms with van der Waals surface area (Å²) in [6, 6.07) is 14.8. The number of carbonyl (C=O) groups is 1. The highest BCUT2D eigenvalue weighted by Crippen LogP contribution is 2.31. The Morgan fingerprint density at radius 2 is 1.61 bits per heavy atom. The van der Waals surface area contributed by atoms with Gasteiger partial charge in [-0.2, -0.15) is 0 Å². The fourth-order valence-electron chi connectivity index (χ4n) is 3.53. The molecule has 2 N–H and O–H groups in total. The Balaban J connectivity index is 1.43. The highest BCUT2D eigenvalue weighted by molar-refractivity contribution is 9.10. The van der Waals surface area contributed by atoms with E-state index in [1.165, 1.54) is 0 Å². The summed E-state index contributed by atoms with van der Waals surface area (Å²) in [5, 5.41) is 6.32. The first kappa shape index (κ1) is 21.6. The summed E-state index contributed by atoms with van der Waals surface area (Å²) < 4.78 is 1.02. The number of carbonyl (C=O) groups excluding carboxylic acids is 1. The van der Waals surface area contributed by atoms with Gasteiger partial charge in [-0.25, -0.2) is 4.79 Å². The molecule has 1 fully saturated rings. The lowest BCUT2D eigenvalue weighted by Crippen LogP contribution is -2.44. The van der Waals surface area contributed by atoms with Crippen LogP contribution in [0, 0.1) is 0 Å². The Bertz CT molecular complexity index is 1070. The standard InChI is InChI=1S/C23H23BrClN5O/c1-29-10-12-30(13-11-29)22-15-18(3-5-20(22)24)28-23(31)27-17-2-4-19(21(25)14-17)16-6-8-26-9-7-16/h2-9,14-15H,10-13H2,1H3,(H2,27,28,31). The third-order valence-corrected chi connectivity index (χ3v) is 6.25. The van der Waals surface area contributed by atoms with E-state index < -0.39 is 0 Å². The summed E-state index contributed by atoms with van der Waals surface area (Å²) in [5.74, 6) is 0. The first-order valence-corrected chi connectivity index (χ1v) is 11.2. The third-order valence-electron chi connectivity index (χ3n) is 5.27. The van der Waals surface area contributed by atoms with E-state index in [2.05, 4.69) is 48.4 Å². The van der Waals surface area contributed by atoms with Crippen molar-refractivity contribution in [3.8, 4) is 11.1 Å². The van der Waals surface area contributed by atoms with Crippen LogP contribution in [0.5, 0.6) is 0 Å². The van der Waals surface area contributed by atoms with E-state index in [0.29, 0.717) is 10.7 Å². The number of halogens is 2. The number of nitrogens with one attached hydrogen (secondary N) is 2. The molecule has 160 valence electrons. The van der Waals surface area contributed by atoms with Crippen molar-refractivity contribution < 1.29 is 4.79 Å². The van der Waals surface area contributed by atoms with E-state index in [0.717, 1.165) is 53.2 Å². The molecule has 0 spiro atoms. The SMILES string of the molecule is CN1CCN(c2cc(NC(=O)Nc3ccc(-c4ccncc4)c(Cl)c3)ccc2Br)CC1. The fourth-order valence-corrected chi connectivity index (χ4v) is 4.32. The molecule has 0 atom stereocenters. The van der Waals surface area contributed by atoms with Gasteiger partial charge in [0.25, 0.3) is 0 Å². The average Bonchev–Trinajstić information content (AvgIpc) is 2.76. The first-order valence-electron chi connectivity index (χ1n) is 10.0. The topological polar surface area (TPSA) is 60.5 Å². The Hall–Kier alpha value is -2.61. The number of anilines is 3. The molecule has 2 heterocycles. The Labute approximate surface area is 195 Å². The van der Waals surface area contributed by atoms with E-state index in [9.17, 15) is 4.79 Å². The zero-order chi connectivity index (χ0) is 21.8. The predicted octanol–water partition coefficient (Wildman–Crippen LogP) is 5.56. The summed E-state index contributed by atoms with van der Waals surface area (Å²) in [6.45, 7) is 3.93. The zero-order valence-electron chi connectivity index (χ0n) is 17.1. The van der Waals surface area contributed by atoms with E-state index in [4.69, 9.17) is 11.6 Å². The summed E-state index contributed by atoms with van der Waals surface area (Å²) in [6.07, 6.45) is 3.44. The summed E-state index contributed by atoms with van der Waals surface area (Å²) in [4.78, 5) is 21.2. The van der Waals surface area contributed by atoms with Crippen LogP contribution in [-0.4, -0.2) is 49.1 Å². The molecule has 0 saturated carbocycles. The molecular weight excluding hydrogens is 478 g/mol. The minimum atomic E-state index is -0.320. The third kappa shape index (κ3) is 5.36. The van der Waals surface area contributed by atoms with Gasteiger partial charge < -0.3 is 20.4 Å². The zero-order valence-corrected chi connectivity index (χ0v) is 19.4. The second kappa shape index (κ2) is 9.68. The van der Waals surface area contributed by atoms with Crippen LogP contribution in [0.15, 0.2) is 65.4 Å². The molecule has 3 aromatic rings. The number of pyridine rings is 1. The van der Waals surface area contributed by atoms with Crippen molar-refractivity contribution in [1.82, 2.24) is 9.88 Å². The van der Waals surface area contributed by atoms with Crippen molar-refractivity contribution in [3.05, 3.63) is 70.4 Å². The molecule has 4 rings (SSSR count). The van der Waals surface area contributed by atoms with Crippen molar-refractivity contribution in [1.29, 1.82) is 0 Å². The number of likely N-dealkylation sites (N-methyl/N-ethyl adjacent to an activating group) is 1. The lowest BCUT2D eigenvalue weighted by molar-refractivity contribution is 0.262. The smallest absolute Gasteiger partial charge is 0.323 e. The second-order valence-corrected chi connectivity index (χ2v) is 8.73. The van der Waals surface area contributed by atoms with Gasteiger partial charge in [0.15, 0.2) is 0 Å². The largest absolute Gasteiger partial charge is 0.368 e. The molecule has 0 bridgehead atoms. The molecule has 1 aromatic heterocycles. The van der Waals surface area contributed by atoms with Crippen molar-refractivity contribution >= 4 is 50.6 Å². The van der Waals surface area contributed by atoms with Crippen LogP contribution in [0.1, 0.15) is 0 Å². The number of hydrogen-bond acceptors (Lipinski definition) is 4. The number of piperazine rings is 1. The van der Waals surface area contributed by atoms with E-state index in [-0.39, 0.29) is 6.03 Å². The van der Waals surface area contributed by atoms with Gasteiger partial charge in [0, 0.05) is 60.0 Å². The maximum Gasteiger partial charge on any atom is 0.323 e. The lowest BCUT2D eigenvalue weighted by atomic mass is 10.1. The molecule has 0 unspecified atom stereocenters. The number of urea groups is 1. The van der Waals surface area contributed by atoms with Crippen LogP contribution in [-0.2, 0) is 0 Å². The van der Waals surface area contributed by atoms with Gasteiger partial charge in [0.05, 0.1) is 10.7 Å². The van der Waals surface area contributed by atoms with E-state index in [1.807, 2.05) is 42.5 Å². The van der Waals surface area contributed by atoms with Crippen LogP contribution >= 0.6 is 27.5 Å². The minimum Gasteiger partial charge on any atom is -0.368 e. The normalized spacial score (nSPS) is 14.4. The molecule has 2 amide bonds. The average molecular weight is 501 g/mol. The van der Waals surface area contributed by atoms with Gasteiger partial charge in [-0.3, -0.25) is 4.98 Å². The molecule has 0 radical (unpaired) electrons. The Kier molecular flexibility index (Phi) is 6.75. The first-order chi connectivity index (χ1) is 15.0. The molecule has 1 aliphatic heterocycles. The van der Waals surface area contributed by atoms with Gasteiger partial charge in [-0.1, -0.05) is 17.7 Å².